The molecule has 1 heterocycles. The van der Waals surface area contributed by atoms with Gasteiger partial charge in [-0.1, -0.05) is 13.8 Å². The summed E-state index contributed by atoms with van der Waals surface area (Å²) in [6, 6.07) is 7.51. The molecule has 0 bridgehead atoms. The Morgan fingerprint density at radius 2 is 1.59 bits per heavy atom. The number of carbonyl (C=O) groups is 2. The third-order valence-electron chi connectivity index (χ3n) is 3.81. The Morgan fingerprint density at radius 3 is 2.05 bits per heavy atom. The van der Waals surface area contributed by atoms with E-state index >= 15 is 0 Å². The number of hydrogen-bond acceptors (Lipinski definition) is 3. The number of hydrogen-bond donors (Lipinski definition) is 2. The van der Waals surface area contributed by atoms with Crippen molar-refractivity contribution in [2.45, 2.75) is 19.9 Å². The minimum absolute atomic E-state index is 0.0212. The Kier molecular flexibility index (Phi) is 5.03. The first-order valence-electron chi connectivity index (χ1n) is 7.50. The van der Waals surface area contributed by atoms with Gasteiger partial charge in [-0.2, -0.15) is 0 Å². The molecule has 0 saturated carbocycles. The molecule has 1 aliphatic rings. The summed E-state index contributed by atoms with van der Waals surface area (Å²) in [6.07, 6.45) is 0. The zero-order valence-electron chi connectivity index (χ0n) is 13.6. The molecule has 2 rings (SSSR count). The number of urea groups is 1. The molecule has 0 spiro atoms. The van der Waals surface area contributed by atoms with Gasteiger partial charge in [-0.25, -0.2) is 4.79 Å². The van der Waals surface area contributed by atoms with Crippen LogP contribution in [0, 0.1) is 5.92 Å². The van der Waals surface area contributed by atoms with Crippen molar-refractivity contribution >= 4 is 23.3 Å². The maximum absolute atomic E-state index is 12.0. The van der Waals surface area contributed by atoms with Gasteiger partial charge in [0.15, 0.2) is 0 Å². The first-order chi connectivity index (χ1) is 10.4. The molecule has 120 valence electrons. The Hall–Kier alpha value is -2.08. The van der Waals surface area contributed by atoms with Gasteiger partial charge in [0.1, 0.15) is 0 Å². The highest BCUT2D eigenvalue weighted by Gasteiger charge is 2.31. The molecule has 3 amide bonds. The molecule has 1 fully saturated rings. The lowest BCUT2D eigenvalue weighted by molar-refractivity contribution is -0.118. The molecular weight excluding hydrogens is 280 g/mol. The van der Waals surface area contributed by atoms with E-state index in [1.165, 1.54) is 0 Å². The van der Waals surface area contributed by atoms with Crippen LogP contribution < -0.4 is 10.6 Å². The summed E-state index contributed by atoms with van der Waals surface area (Å²) in [6.45, 7) is 5.19. The highest BCUT2D eigenvalue weighted by Crippen LogP contribution is 2.17. The number of likely N-dealkylation sites (tertiary alicyclic amines) is 1. The molecule has 22 heavy (non-hydrogen) atoms. The zero-order chi connectivity index (χ0) is 16.3. The van der Waals surface area contributed by atoms with Gasteiger partial charge in [0, 0.05) is 36.4 Å². The molecule has 0 radical (unpaired) electrons. The molecule has 0 aliphatic carbocycles. The lowest BCUT2D eigenvalue weighted by Gasteiger charge is -2.42. The second kappa shape index (κ2) is 6.79. The normalized spacial score (nSPS) is 14.9. The average Bonchev–Trinajstić information content (AvgIpc) is 2.38. The molecule has 2 N–H and O–H groups in total. The van der Waals surface area contributed by atoms with E-state index in [4.69, 9.17) is 0 Å². The molecule has 1 aromatic rings. The van der Waals surface area contributed by atoms with Gasteiger partial charge >= 0.3 is 6.03 Å². The van der Waals surface area contributed by atoms with Crippen molar-refractivity contribution in [3.05, 3.63) is 24.3 Å². The van der Waals surface area contributed by atoms with Crippen LogP contribution in [0.15, 0.2) is 24.3 Å². The molecule has 0 aromatic heterocycles. The number of anilines is 2. The summed E-state index contributed by atoms with van der Waals surface area (Å²) >= 11 is 0. The van der Waals surface area contributed by atoms with Crippen molar-refractivity contribution in [1.29, 1.82) is 0 Å². The molecule has 0 unspecified atom stereocenters. The predicted octanol–water partition coefficient (Wildman–Crippen LogP) is 2.06. The zero-order valence-corrected chi connectivity index (χ0v) is 13.6. The smallest absolute Gasteiger partial charge is 0.321 e. The summed E-state index contributed by atoms with van der Waals surface area (Å²) in [7, 11) is 4.04. The highest BCUT2D eigenvalue weighted by atomic mass is 16.2. The molecular formula is C16H24N4O2. The van der Waals surface area contributed by atoms with Crippen molar-refractivity contribution in [2.75, 3.05) is 37.8 Å². The van der Waals surface area contributed by atoms with Crippen LogP contribution in [0.1, 0.15) is 13.8 Å². The minimum atomic E-state index is -0.0861. The predicted molar refractivity (Wildman–Crippen MR) is 88.0 cm³/mol. The van der Waals surface area contributed by atoms with Gasteiger partial charge in [-0.3, -0.25) is 4.79 Å². The van der Waals surface area contributed by atoms with Crippen molar-refractivity contribution in [1.82, 2.24) is 9.80 Å². The largest absolute Gasteiger partial charge is 0.326 e. The van der Waals surface area contributed by atoms with Gasteiger partial charge in [0.2, 0.25) is 5.91 Å². The first kappa shape index (κ1) is 16.3. The number of nitrogens with one attached hydrogen (secondary N) is 2. The first-order valence-corrected chi connectivity index (χ1v) is 7.50. The molecule has 1 aromatic carbocycles. The second-order valence-corrected chi connectivity index (χ2v) is 6.17. The van der Waals surface area contributed by atoms with E-state index in [0.29, 0.717) is 6.04 Å². The van der Waals surface area contributed by atoms with Crippen LogP contribution in [0.4, 0.5) is 16.2 Å². The Labute approximate surface area is 131 Å². The maximum Gasteiger partial charge on any atom is 0.321 e. The van der Waals surface area contributed by atoms with E-state index < -0.39 is 0 Å². The molecule has 1 aliphatic heterocycles. The third kappa shape index (κ3) is 3.98. The van der Waals surface area contributed by atoms with Crippen LogP contribution in [-0.2, 0) is 4.79 Å². The van der Waals surface area contributed by atoms with Crippen LogP contribution in [0.2, 0.25) is 0 Å². The van der Waals surface area contributed by atoms with Gasteiger partial charge in [0.05, 0.1) is 0 Å². The number of benzene rings is 1. The minimum Gasteiger partial charge on any atom is -0.326 e. The van der Waals surface area contributed by atoms with E-state index in [1.54, 1.807) is 29.2 Å². The summed E-state index contributed by atoms with van der Waals surface area (Å²) in [5, 5.41) is 5.68. The fourth-order valence-corrected chi connectivity index (χ4v) is 2.07. The van der Waals surface area contributed by atoms with Gasteiger partial charge in [0.25, 0.3) is 0 Å². The maximum atomic E-state index is 12.0. The van der Waals surface area contributed by atoms with Crippen LogP contribution in [-0.4, -0.2) is 55.0 Å². The van der Waals surface area contributed by atoms with Crippen LogP contribution in [0.3, 0.4) is 0 Å². The second-order valence-electron chi connectivity index (χ2n) is 6.17. The number of likely N-dealkylation sites (N-methyl/N-ethyl adjacent to an activating group) is 1. The molecule has 6 nitrogen and oxygen atoms in total. The number of carbonyl (C=O) groups excluding carboxylic acids is 2. The number of nitrogens with zero attached hydrogens (tertiary/aromatic N) is 2. The topological polar surface area (TPSA) is 64.7 Å². The summed E-state index contributed by atoms with van der Waals surface area (Å²) in [5.74, 6) is -0.0810. The quantitative estimate of drug-likeness (QED) is 0.895. The third-order valence-corrected chi connectivity index (χ3v) is 3.81. The van der Waals surface area contributed by atoms with Crippen molar-refractivity contribution < 1.29 is 9.59 Å². The monoisotopic (exact) mass is 304 g/mol. The van der Waals surface area contributed by atoms with Crippen LogP contribution in [0.5, 0.6) is 0 Å². The Balaban J connectivity index is 1.84. The van der Waals surface area contributed by atoms with E-state index in [-0.39, 0.29) is 17.9 Å². The Bertz CT molecular complexity index is 534. The molecule has 1 saturated heterocycles. The van der Waals surface area contributed by atoms with Crippen molar-refractivity contribution in [3.63, 3.8) is 0 Å². The van der Waals surface area contributed by atoms with E-state index in [0.717, 1.165) is 24.5 Å². The Morgan fingerprint density at radius 1 is 1.09 bits per heavy atom. The van der Waals surface area contributed by atoms with Gasteiger partial charge in [-0.05, 0) is 38.4 Å². The van der Waals surface area contributed by atoms with E-state index in [9.17, 15) is 9.59 Å². The van der Waals surface area contributed by atoms with Crippen molar-refractivity contribution in [3.8, 4) is 0 Å². The van der Waals surface area contributed by atoms with E-state index in [1.807, 2.05) is 27.9 Å². The van der Waals surface area contributed by atoms with Crippen LogP contribution >= 0.6 is 0 Å². The highest BCUT2D eigenvalue weighted by molar-refractivity contribution is 5.93. The lowest BCUT2D eigenvalue weighted by atomic mass is 10.1. The van der Waals surface area contributed by atoms with Gasteiger partial charge < -0.3 is 20.4 Å². The fourth-order valence-electron chi connectivity index (χ4n) is 2.07. The van der Waals surface area contributed by atoms with Crippen molar-refractivity contribution in [2.24, 2.45) is 5.92 Å². The number of rotatable bonds is 4. The summed E-state index contributed by atoms with van der Waals surface area (Å²) in [4.78, 5) is 27.5. The van der Waals surface area contributed by atoms with E-state index in [2.05, 4.69) is 15.5 Å². The number of amides is 3. The molecule has 0 atom stereocenters. The standard InChI is InChI=1S/C16H24N4O2/c1-11(2)15(21)17-12-5-7-13(8-6-12)18-16(22)20-9-14(10-20)19(3)4/h5-8,11,14H,9-10H2,1-4H3,(H,17,21)(H,18,22). The summed E-state index contributed by atoms with van der Waals surface area (Å²) < 4.78 is 0. The average molecular weight is 304 g/mol. The fraction of sp³-hybridized carbons (Fsp3) is 0.500. The summed E-state index contributed by atoms with van der Waals surface area (Å²) in [5.41, 5.74) is 1.45. The lowest BCUT2D eigenvalue weighted by Crippen LogP contribution is -2.60. The van der Waals surface area contributed by atoms with Gasteiger partial charge in [-0.15, -0.1) is 0 Å². The van der Waals surface area contributed by atoms with Crippen LogP contribution in [0.25, 0.3) is 0 Å². The molecule has 6 heteroatoms. The SMILES string of the molecule is CC(C)C(=O)Nc1ccc(NC(=O)N2CC(N(C)C)C2)cc1.